The molecule has 2 N–H and O–H groups in total. The fourth-order valence-electron chi connectivity index (χ4n) is 1.29. The molecular weight excluding hydrogens is 167 g/mol. The lowest BCUT2D eigenvalue weighted by molar-refractivity contribution is 0.644. The van der Waals surface area contributed by atoms with E-state index in [9.17, 15) is 4.39 Å². The van der Waals surface area contributed by atoms with E-state index < -0.39 is 0 Å². The number of aromatic nitrogens is 1. The highest BCUT2D eigenvalue weighted by atomic mass is 19.1. The molecule has 0 saturated heterocycles. The van der Waals surface area contributed by atoms with Gasteiger partial charge >= 0.3 is 0 Å². The molecule has 0 saturated carbocycles. The van der Waals surface area contributed by atoms with Gasteiger partial charge in [0.1, 0.15) is 0 Å². The van der Waals surface area contributed by atoms with Crippen LogP contribution in [0.15, 0.2) is 24.3 Å². The van der Waals surface area contributed by atoms with E-state index in [0.717, 1.165) is 5.69 Å². The van der Waals surface area contributed by atoms with Crippen LogP contribution >= 0.6 is 0 Å². The summed E-state index contributed by atoms with van der Waals surface area (Å²) in [7, 11) is 0. The zero-order valence-corrected chi connectivity index (χ0v) is 7.21. The maximum Gasteiger partial charge on any atom is 0.155 e. The second-order valence-electron chi connectivity index (χ2n) is 2.99. The molecule has 0 aliphatic rings. The van der Waals surface area contributed by atoms with Crippen molar-refractivity contribution in [3.8, 4) is 0 Å². The van der Waals surface area contributed by atoms with Gasteiger partial charge in [0.05, 0.1) is 11.2 Å². The molecule has 3 heteroatoms. The molecule has 2 aromatic rings. The van der Waals surface area contributed by atoms with Gasteiger partial charge in [-0.1, -0.05) is 0 Å². The first-order valence-corrected chi connectivity index (χ1v) is 4.00. The Balaban J connectivity index is 2.87. The second-order valence-corrected chi connectivity index (χ2v) is 2.99. The monoisotopic (exact) mass is 176 g/mol. The van der Waals surface area contributed by atoms with Crippen LogP contribution in [0.25, 0.3) is 10.9 Å². The molecule has 1 heterocycles. The Morgan fingerprint density at radius 1 is 1.23 bits per heavy atom. The molecule has 0 unspecified atom stereocenters. The summed E-state index contributed by atoms with van der Waals surface area (Å²) in [5.41, 5.74) is 7.10. The standard InChI is InChI=1S/C10H9FN2/c1-6-2-3-7-9(13-6)5-4-8(12)10(7)11/h2-5H,12H2,1H3. The molecule has 0 aliphatic carbocycles. The predicted molar refractivity (Wildman–Crippen MR) is 50.9 cm³/mol. The molecule has 0 spiro atoms. The van der Waals surface area contributed by atoms with Crippen molar-refractivity contribution in [2.45, 2.75) is 6.92 Å². The van der Waals surface area contributed by atoms with Crippen molar-refractivity contribution in [2.24, 2.45) is 0 Å². The van der Waals surface area contributed by atoms with Gasteiger partial charge < -0.3 is 5.73 Å². The Hall–Kier alpha value is -1.64. The van der Waals surface area contributed by atoms with Gasteiger partial charge in [0.25, 0.3) is 0 Å². The summed E-state index contributed by atoms with van der Waals surface area (Å²) in [6.45, 7) is 1.87. The van der Waals surface area contributed by atoms with Gasteiger partial charge in [-0.3, -0.25) is 4.98 Å². The highest BCUT2D eigenvalue weighted by molar-refractivity contribution is 5.82. The van der Waals surface area contributed by atoms with Crippen molar-refractivity contribution in [1.29, 1.82) is 0 Å². The third kappa shape index (κ3) is 1.22. The number of nitrogen functional groups attached to an aromatic ring is 1. The minimum atomic E-state index is -0.384. The largest absolute Gasteiger partial charge is 0.396 e. The minimum Gasteiger partial charge on any atom is -0.396 e. The number of fused-ring (bicyclic) bond motifs is 1. The van der Waals surface area contributed by atoms with Gasteiger partial charge in [-0.15, -0.1) is 0 Å². The maximum absolute atomic E-state index is 13.4. The number of anilines is 1. The predicted octanol–water partition coefficient (Wildman–Crippen LogP) is 2.26. The fraction of sp³-hybridized carbons (Fsp3) is 0.100. The average molecular weight is 176 g/mol. The van der Waals surface area contributed by atoms with Crippen LogP contribution in [0.4, 0.5) is 10.1 Å². The highest BCUT2D eigenvalue weighted by Crippen LogP contribution is 2.21. The summed E-state index contributed by atoms with van der Waals surface area (Å²) < 4.78 is 13.4. The molecule has 0 radical (unpaired) electrons. The van der Waals surface area contributed by atoms with Crippen LogP contribution in [0.3, 0.4) is 0 Å². The van der Waals surface area contributed by atoms with Crippen LogP contribution in [0.2, 0.25) is 0 Å². The van der Waals surface area contributed by atoms with Gasteiger partial charge in [-0.25, -0.2) is 4.39 Å². The molecule has 66 valence electrons. The zero-order chi connectivity index (χ0) is 9.42. The summed E-state index contributed by atoms with van der Waals surface area (Å²) in [5.74, 6) is -0.384. The van der Waals surface area contributed by atoms with Crippen molar-refractivity contribution in [1.82, 2.24) is 4.98 Å². The third-order valence-corrected chi connectivity index (χ3v) is 1.97. The van der Waals surface area contributed by atoms with Gasteiger partial charge in [0.15, 0.2) is 5.82 Å². The van der Waals surface area contributed by atoms with E-state index in [-0.39, 0.29) is 11.5 Å². The number of nitrogens with zero attached hydrogens (tertiary/aromatic N) is 1. The molecule has 1 aromatic carbocycles. The van der Waals surface area contributed by atoms with Crippen molar-refractivity contribution in [2.75, 3.05) is 5.73 Å². The molecule has 0 aliphatic heterocycles. The molecule has 0 fully saturated rings. The van der Waals surface area contributed by atoms with E-state index in [0.29, 0.717) is 10.9 Å². The summed E-state index contributed by atoms with van der Waals surface area (Å²) in [4.78, 5) is 4.18. The number of hydrogen-bond acceptors (Lipinski definition) is 2. The number of nitrogens with two attached hydrogens (primary N) is 1. The van der Waals surface area contributed by atoms with Crippen molar-refractivity contribution >= 4 is 16.6 Å². The smallest absolute Gasteiger partial charge is 0.155 e. The fourth-order valence-corrected chi connectivity index (χ4v) is 1.29. The van der Waals surface area contributed by atoms with E-state index in [1.807, 2.05) is 6.92 Å². The third-order valence-electron chi connectivity index (χ3n) is 1.97. The zero-order valence-electron chi connectivity index (χ0n) is 7.21. The van der Waals surface area contributed by atoms with E-state index >= 15 is 0 Å². The lowest BCUT2D eigenvalue weighted by atomic mass is 10.2. The topological polar surface area (TPSA) is 38.9 Å². The summed E-state index contributed by atoms with van der Waals surface area (Å²) in [6, 6.07) is 6.72. The number of pyridine rings is 1. The van der Waals surface area contributed by atoms with Crippen LogP contribution in [0.1, 0.15) is 5.69 Å². The van der Waals surface area contributed by atoms with Gasteiger partial charge in [-0.2, -0.15) is 0 Å². The van der Waals surface area contributed by atoms with Crippen LogP contribution in [-0.2, 0) is 0 Å². The quantitative estimate of drug-likeness (QED) is 0.625. The Labute approximate surface area is 75.2 Å². The number of hydrogen-bond donors (Lipinski definition) is 1. The molecule has 2 rings (SSSR count). The molecule has 0 atom stereocenters. The van der Waals surface area contributed by atoms with E-state index in [4.69, 9.17) is 5.73 Å². The first kappa shape index (κ1) is 7.98. The Morgan fingerprint density at radius 3 is 2.77 bits per heavy atom. The number of aryl methyl sites for hydroxylation is 1. The number of rotatable bonds is 0. The van der Waals surface area contributed by atoms with E-state index in [1.54, 1.807) is 18.2 Å². The van der Waals surface area contributed by atoms with E-state index in [2.05, 4.69) is 4.98 Å². The summed E-state index contributed by atoms with van der Waals surface area (Å²) >= 11 is 0. The lowest BCUT2D eigenvalue weighted by Gasteiger charge is -2.02. The van der Waals surface area contributed by atoms with Gasteiger partial charge in [0, 0.05) is 11.1 Å². The Bertz CT molecular complexity index is 466. The molecule has 2 nitrogen and oxygen atoms in total. The van der Waals surface area contributed by atoms with Crippen LogP contribution in [0, 0.1) is 12.7 Å². The summed E-state index contributed by atoms with van der Waals surface area (Å²) in [5, 5.41) is 0.477. The minimum absolute atomic E-state index is 0.165. The number of halogens is 1. The van der Waals surface area contributed by atoms with Gasteiger partial charge in [-0.05, 0) is 31.2 Å². The van der Waals surface area contributed by atoms with Crippen LogP contribution in [-0.4, -0.2) is 4.98 Å². The molecule has 1 aromatic heterocycles. The maximum atomic E-state index is 13.4. The molecule has 13 heavy (non-hydrogen) atoms. The van der Waals surface area contributed by atoms with Crippen molar-refractivity contribution < 1.29 is 4.39 Å². The van der Waals surface area contributed by atoms with Crippen molar-refractivity contribution in [3.05, 3.63) is 35.8 Å². The van der Waals surface area contributed by atoms with E-state index in [1.165, 1.54) is 6.07 Å². The average Bonchev–Trinajstić information content (AvgIpc) is 2.12. The van der Waals surface area contributed by atoms with Gasteiger partial charge in [0.2, 0.25) is 0 Å². The SMILES string of the molecule is Cc1ccc2c(F)c(N)ccc2n1. The lowest BCUT2D eigenvalue weighted by Crippen LogP contribution is -1.93. The Kier molecular flexibility index (Phi) is 1.65. The molecule has 0 amide bonds. The first-order chi connectivity index (χ1) is 6.18. The molecule has 0 bridgehead atoms. The molecular formula is C10H9FN2. The highest BCUT2D eigenvalue weighted by Gasteiger charge is 2.04. The summed E-state index contributed by atoms with van der Waals surface area (Å²) in [6.07, 6.45) is 0. The van der Waals surface area contributed by atoms with Crippen molar-refractivity contribution in [3.63, 3.8) is 0 Å². The van der Waals surface area contributed by atoms with Crippen LogP contribution in [0.5, 0.6) is 0 Å². The normalized spacial score (nSPS) is 10.6. The Morgan fingerprint density at radius 2 is 2.00 bits per heavy atom. The second kappa shape index (κ2) is 2.69. The first-order valence-electron chi connectivity index (χ1n) is 4.00. The van der Waals surface area contributed by atoms with Crippen LogP contribution < -0.4 is 5.73 Å². The number of benzene rings is 1.